The van der Waals surface area contributed by atoms with E-state index in [2.05, 4.69) is 17.1 Å². The molecule has 1 aliphatic heterocycles. The summed E-state index contributed by atoms with van der Waals surface area (Å²) in [5.74, 6) is 1.17. The minimum atomic E-state index is 0.0976. The minimum Gasteiger partial charge on any atom is -0.409 e. The molecule has 0 saturated carbocycles. The number of hydrogen-bond donors (Lipinski definition) is 1. The number of aromatic amines is 1. The molecule has 2 aromatic rings. The Hall–Kier alpha value is -1.95. The van der Waals surface area contributed by atoms with Crippen LogP contribution in [0.25, 0.3) is 11.5 Å². The lowest BCUT2D eigenvalue weighted by Gasteiger charge is -2.16. The van der Waals surface area contributed by atoms with E-state index < -0.39 is 0 Å². The molecule has 0 radical (unpaired) electrons. The molecule has 2 heterocycles. The second-order valence-corrected chi connectivity index (χ2v) is 5.68. The summed E-state index contributed by atoms with van der Waals surface area (Å²) in [5, 5.41) is 6.55. The van der Waals surface area contributed by atoms with Gasteiger partial charge in [0, 0.05) is 24.2 Å². The van der Waals surface area contributed by atoms with E-state index in [-0.39, 0.29) is 10.7 Å². The molecule has 1 aromatic heterocycles. The van der Waals surface area contributed by atoms with Crippen molar-refractivity contribution < 1.29 is 9.21 Å². The van der Waals surface area contributed by atoms with Crippen molar-refractivity contribution in [2.45, 2.75) is 19.8 Å². The van der Waals surface area contributed by atoms with Gasteiger partial charge in [-0.15, -0.1) is 5.10 Å². The van der Waals surface area contributed by atoms with Gasteiger partial charge in [0.1, 0.15) is 0 Å². The SMILES string of the molecule is CC[C@@H]1CCN(C(=O)c2ccc(-c3n[nH]c(=S)o3)cc2)C1. The average Bonchev–Trinajstić information content (AvgIpc) is 3.15. The van der Waals surface area contributed by atoms with Crippen molar-refractivity contribution in [3.8, 4) is 11.5 Å². The number of H-pyrrole nitrogens is 1. The molecule has 21 heavy (non-hydrogen) atoms. The van der Waals surface area contributed by atoms with Crippen LogP contribution in [0.3, 0.4) is 0 Å². The molecule has 1 fully saturated rings. The minimum absolute atomic E-state index is 0.0976. The summed E-state index contributed by atoms with van der Waals surface area (Å²) in [4.78, 5) is 14.6. The second kappa shape index (κ2) is 5.81. The van der Waals surface area contributed by atoms with Crippen LogP contribution >= 0.6 is 12.2 Å². The Labute approximate surface area is 128 Å². The van der Waals surface area contributed by atoms with Crippen LogP contribution in [0.15, 0.2) is 28.7 Å². The Morgan fingerprint density at radius 3 is 2.81 bits per heavy atom. The predicted octanol–water partition coefficient (Wildman–Crippen LogP) is 3.27. The Morgan fingerprint density at radius 2 is 2.24 bits per heavy atom. The van der Waals surface area contributed by atoms with Gasteiger partial charge in [-0.05, 0) is 48.8 Å². The Morgan fingerprint density at radius 1 is 1.48 bits per heavy atom. The summed E-state index contributed by atoms with van der Waals surface area (Å²) in [6.07, 6.45) is 2.24. The first-order chi connectivity index (χ1) is 10.2. The summed E-state index contributed by atoms with van der Waals surface area (Å²) < 4.78 is 5.25. The summed E-state index contributed by atoms with van der Waals surface area (Å²) in [6.45, 7) is 3.90. The van der Waals surface area contributed by atoms with Crippen LogP contribution in [-0.2, 0) is 0 Å². The first-order valence-electron chi connectivity index (χ1n) is 7.12. The zero-order chi connectivity index (χ0) is 14.8. The maximum Gasteiger partial charge on any atom is 0.284 e. The van der Waals surface area contributed by atoms with Crippen molar-refractivity contribution >= 4 is 18.1 Å². The van der Waals surface area contributed by atoms with Gasteiger partial charge in [-0.2, -0.15) is 0 Å². The van der Waals surface area contributed by atoms with Crippen LogP contribution in [0.2, 0.25) is 0 Å². The topological polar surface area (TPSA) is 62.1 Å². The highest BCUT2D eigenvalue weighted by Crippen LogP contribution is 2.22. The van der Waals surface area contributed by atoms with Crippen molar-refractivity contribution in [1.82, 2.24) is 15.1 Å². The third-order valence-corrected chi connectivity index (χ3v) is 4.14. The fraction of sp³-hybridized carbons (Fsp3) is 0.400. The smallest absolute Gasteiger partial charge is 0.284 e. The van der Waals surface area contributed by atoms with Gasteiger partial charge in [-0.3, -0.25) is 4.79 Å². The first kappa shape index (κ1) is 14.0. The van der Waals surface area contributed by atoms with Gasteiger partial charge in [-0.1, -0.05) is 13.3 Å². The summed E-state index contributed by atoms with van der Waals surface area (Å²) in [6, 6.07) is 7.28. The lowest BCUT2D eigenvalue weighted by Crippen LogP contribution is -2.28. The maximum atomic E-state index is 12.4. The molecule has 3 rings (SSSR count). The van der Waals surface area contributed by atoms with Gasteiger partial charge in [0.2, 0.25) is 5.89 Å². The highest BCUT2D eigenvalue weighted by Gasteiger charge is 2.25. The van der Waals surface area contributed by atoms with Crippen molar-refractivity contribution in [3.63, 3.8) is 0 Å². The molecule has 0 unspecified atom stereocenters. The monoisotopic (exact) mass is 303 g/mol. The first-order valence-corrected chi connectivity index (χ1v) is 7.53. The second-order valence-electron chi connectivity index (χ2n) is 5.31. The number of aromatic nitrogens is 2. The van der Waals surface area contributed by atoms with Crippen molar-refractivity contribution in [3.05, 3.63) is 34.7 Å². The van der Waals surface area contributed by atoms with E-state index in [0.29, 0.717) is 17.4 Å². The number of benzene rings is 1. The van der Waals surface area contributed by atoms with Gasteiger partial charge in [0.15, 0.2) is 0 Å². The number of hydrogen-bond acceptors (Lipinski definition) is 4. The number of likely N-dealkylation sites (tertiary alicyclic amines) is 1. The van der Waals surface area contributed by atoms with Crippen molar-refractivity contribution in [2.24, 2.45) is 5.92 Å². The molecule has 1 aliphatic rings. The van der Waals surface area contributed by atoms with Crippen LogP contribution in [0, 0.1) is 10.8 Å². The molecule has 0 bridgehead atoms. The summed E-state index contributed by atoms with van der Waals surface area (Å²) in [7, 11) is 0. The fourth-order valence-corrected chi connectivity index (χ4v) is 2.77. The van der Waals surface area contributed by atoms with Crippen LogP contribution in [0.1, 0.15) is 30.1 Å². The van der Waals surface area contributed by atoms with E-state index in [9.17, 15) is 4.79 Å². The number of carbonyl (C=O) groups is 1. The van der Waals surface area contributed by atoms with E-state index in [1.165, 1.54) is 0 Å². The molecule has 110 valence electrons. The van der Waals surface area contributed by atoms with Gasteiger partial charge < -0.3 is 9.32 Å². The van der Waals surface area contributed by atoms with Gasteiger partial charge >= 0.3 is 0 Å². The standard InChI is InChI=1S/C15H17N3O2S/c1-2-10-7-8-18(9-10)14(19)12-5-3-11(4-6-12)13-16-17-15(21)20-13/h3-6,10H,2,7-9H2,1H3,(H,17,21)/t10-/m1/s1. The van der Waals surface area contributed by atoms with Gasteiger partial charge in [0.25, 0.3) is 10.7 Å². The van der Waals surface area contributed by atoms with E-state index in [4.69, 9.17) is 16.6 Å². The largest absolute Gasteiger partial charge is 0.409 e. The highest BCUT2D eigenvalue weighted by molar-refractivity contribution is 7.71. The van der Waals surface area contributed by atoms with Gasteiger partial charge in [-0.25, -0.2) is 5.10 Å². The van der Waals surface area contributed by atoms with Gasteiger partial charge in [0.05, 0.1) is 0 Å². The van der Waals surface area contributed by atoms with E-state index in [1.807, 2.05) is 29.2 Å². The lowest BCUT2D eigenvalue weighted by atomic mass is 10.1. The summed E-state index contributed by atoms with van der Waals surface area (Å²) in [5.41, 5.74) is 1.50. The van der Waals surface area contributed by atoms with Crippen molar-refractivity contribution in [2.75, 3.05) is 13.1 Å². The number of nitrogens with zero attached hydrogens (tertiary/aromatic N) is 2. The normalized spacial score (nSPS) is 18.1. The quantitative estimate of drug-likeness (QED) is 0.884. The summed E-state index contributed by atoms with van der Waals surface area (Å²) >= 11 is 4.85. The molecule has 1 atom stereocenters. The third kappa shape index (κ3) is 2.90. The van der Waals surface area contributed by atoms with Crippen molar-refractivity contribution in [1.29, 1.82) is 0 Å². The zero-order valence-corrected chi connectivity index (χ0v) is 12.7. The average molecular weight is 303 g/mol. The molecule has 6 heteroatoms. The van der Waals surface area contributed by atoms with E-state index in [0.717, 1.165) is 31.5 Å². The predicted molar refractivity (Wildman–Crippen MR) is 81.4 cm³/mol. The maximum absolute atomic E-state index is 12.4. The molecule has 1 N–H and O–H groups in total. The zero-order valence-electron chi connectivity index (χ0n) is 11.8. The fourth-order valence-electron chi connectivity index (χ4n) is 2.64. The van der Waals surface area contributed by atoms with Crippen LogP contribution in [-0.4, -0.2) is 34.1 Å². The molecule has 0 spiro atoms. The van der Waals surface area contributed by atoms with E-state index in [1.54, 1.807) is 0 Å². The molecule has 5 nitrogen and oxygen atoms in total. The Bertz CT molecular complexity index is 689. The number of amides is 1. The number of rotatable bonds is 3. The molecule has 1 aromatic carbocycles. The molecular weight excluding hydrogens is 286 g/mol. The molecule has 0 aliphatic carbocycles. The number of nitrogens with one attached hydrogen (secondary N) is 1. The molecule has 1 amide bonds. The third-order valence-electron chi connectivity index (χ3n) is 3.97. The van der Waals surface area contributed by atoms with Crippen LogP contribution in [0.4, 0.5) is 0 Å². The Kier molecular flexibility index (Phi) is 3.88. The number of carbonyl (C=O) groups excluding carboxylic acids is 1. The molecular formula is C15H17N3O2S. The van der Waals surface area contributed by atoms with Crippen LogP contribution < -0.4 is 0 Å². The Balaban J connectivity index is 1.75. The van der Waals surface area contributed by atoms with Crippen LogP contribution in [0.5, 0.6) is 0 Å². The molecule has 1 saturated heterocycles. The lowest BCUT2D eigenvalue weighted by molar-refractivity contribution is 0.0787. The van der Waals surface area contributed by atoms with E-state index >= 15 is 0 Å². The highest BCUT2D eigenvalue weighted by atomic mass is 32.1.